The van der Waals surface area contributed by atoms with Crippen molar-refractivity contribution >= 4 is 18.2 Å². The molecule has 0 rings (SSSR count). The van der Waals surface area contributed by atoms with Gasteiger partial charge in [0.2, 0.25) is 0 Å². The minimum absolute atomic E-state index is 0. The van der Waals surface area contributed by atoms with Gasteiger partial charge in [0.05, 0.1) is 0 Å². The molecule has 0 heterocycles. The van der Waals surface area contributed by atoms with Gasteiger partial charge < -0.3 is 9.79 Å². The van der Waals surface area contributed by atoms with Crippen molar-refractivity contribution in [2.24, 2.45) is 0 Å². The Morgan fingerprint density at radius 3 is 1.50 bits per heavy atom. The van der Waals surface area contributed by atoms with E-state index in [4.69, 9.17) is 14.4 Å². The van der Waals surface area contributed by atoms with Gasteiger partial charge in [-0.3, -0.25) is 0 Å². The van der Waals surface area contributed by atoms with Crippen LogP contribution in [0.4, 0.5) is 0 Å². The van der Waals surface area contributed by atoms with E-state index >= 15 is 0 Å². The number of halogens is 1. The van der Waals surface area contributed by atoms with Crippen molar-refractivity contribution in [2.75, 3.05) is 0 Å². The maximum absolute atomic E-state index is 9.09. The first-order valence-corrected chi connectivity index (χ1v) is 3.27. The third-order valence-electron chi connectivity index (χ3n) is 0. The molecule has 0 fully saturated rings. The van der Waals surface area contributed by atoms with Gasteiger partial charge in [0.15, 0.2) is 0 Å². The Labute approximate surface area is 50.4 Å². The first-order chi connectivity index (χ1) is 2.00. The van der Waals surface area contributed by atoms with Gasteiger partial charge in [-0.2, -0.15) is 0 Å². The second-order valence-electron chi connectivity index (χ2n) is 0.473. The third kappa shape index (κ3) is 83.0. The summed E-state index contributed by atoms with van der Waals surface area (Å²) in [6, 6.07) is 0. The van der Waals surface area contributed by atoms with Crippen LogP contribution in [0.3, 0.4) is 0 Å². The Morgan fingerprint density at radius 1 is 1.50 bits per heavy atom. The van der Waals surface area contributed by atoms with Crippen LogP contribution in [0.15, 0.2) is 0 Å². The van der Waals surface area contributed by atoms with Crippen LogP contribution in [0, 0.1) is 0 Å². The van der Waals surface area contributed by atoms with Crippen LogP contribution in [0.25, 0.3) is 0 Å². The summed E-state index contributed by atoms with van der Waals surface area (Å²) in [5.74, 6) is 0. The van der Waals surface area contributed by atoms with E-state index in [0.717, 1.165) is 0 Å². The molecule has 0 saturated heterocycles. The molecule has 38 valence electrons. The van der Waals surface area contributed by atoms with E-state index in [1.807, 2.05) is 0 Å². The maximum Gasteiger partial charge on any atom is 0.419 e. The van der Waals surface area contributed by atoms with Crippen LogP contribution in [0.1, 0.15) is 0 Å². The Hall–Kier alpha value is 0.972. The first kappa shape index (κ1) is 10.1. The van der Waals surface area contributed by atoms with Crippen LogP contribution in [0.2, 0.25) is 0 Å². The molecular weight excluding hydrogens is 166 g/mol. The molecule has 3 nitrogen and oxygen atoms in total. The van der Waals surface area contributed by atoms with Gasteiger partial charge in [-0.1, -0.05) is 0 Å². The zero-order valence-corrected chi connectivity index (χ0v) is 5.46. The molecule has 6 heteroatoms. The quantitative estimate of drug-likeness (QED) is 0.512. The molecule has 0 radical (unpaired) electrons. The van der Waals surface area contributed by atoms with Crippen LogP contribution in [-0.2, 0) is 21.9 Å². The van der Waals surface area contributed by atoms with Crippen LogP contribution in [-0.4, -0.2) is 9.79 Å². The van der Waals surface area contributed by atoms with Gasteiger partial charge in [0.25, 0.3) is 0 Å². The third-order valence-corrected chi connectivity index (χ3v) is 0. The summed E-state index contributed by atoms with van der Waals surface area (Å²) in [6.45, 7) is -4.17. The van der Waals surface area contributed by atoms with Crippen molar-refractivity contribution in [3.63, 3.8) is 0 Å². The zero-order valence-electron chi connectivity index (χ0n) is 2.54. The summed E-state index contributed by atoms with van der Waals surface area (Å²) < 4.78 is 9.09. The Balaban J connectivity index is 0. The Morgan fingerprint density at radius 2 is 1.50 bits per heavy atom. The normalized spacial score (nSPS) is 9.83. The molecule has 0 unspecified atom stereocenters. The van der Waals surface area contributed by atoms with E-state index in [1.165, 1.54) is 0 Å². The van der Waals surface area contributed by atoms with Gasteiger partial charge >= 0.3 is 6.95 Å². The fourth-order valence-electron chi connectivity index (χ4n) is 0. The van der Waals surface area contributed by atoms with E-state index in [0.29, 0.717) is 0 Å². The molecule has 0 aromatic carbocycles. The molecule has 0 aliphatic heterocycles. The van der Waals surface area contributed by atoms with Crippen molar-refractivity contribution in [2.45, 2.75) is 0 Å². The van der Waals surface area contributed by atoms with Crippen molar-refractivity contribution in [3.05, 3.63) is 0 Å². The molecule has 0 bridgehead atoms. The molecule has 6 heavy (non-hydrogen) atoms. The number of rotatable bonds is 0. The predicted octanol–water partition coefficient (Wildman–Crippen LogP) is 0.315. The summed E-state index contributed by atoms with van der Waals surface area (Å²) >= 11 is 4.20. The molecule has 0 spiro atoms. The minimum Gasteiger partial charge on any atom is -0.313 e. The number of hydrogen-bond acceptors (Lipinski definition) is 1. The maximum atomic E-state index is 9.09. The van der Waals surface area contributed by atoms with Gasteiger partial charge in [-0.25, -0.2) is 4.57 Å². The zero-order chi connectivity index (χ0) is 4.50. The van der Waals surface area contributed by atoms with Crippen LogP contribution in [0.5, 0.6) is 0 Å². The van der Waals surface area contributed by atoms with E-state index in [9.17, 15) is 0 Å². The Bertz CT molecular complexity index is 56.9. The van der Waals surface area contributed by atoms with Crippen LogP contribution < -0.4 is 0 Å². The SMILES string of the molecule is O=P(O)(O)Cl.[Cr]. The fraction of sp³-hybridized carbons (Fsp3) is 0. The second-order valence-corrected chi connectivity index (χ2v) is 2.74. The average molecular weight is 168 g/mol. The van der Waals surface area contributed by atoms with E-state index in [-0.39, 0.29) is 17.4 Å². The van der Waals surface area contributed by atoms with Crippen molar-refractivity contribution < 1.29 is 31.7 Å². The average Bonchev–Trinajstić information content (AvgIpc) is 0.722. The van der Waals surface area contributed by atoms with E-state index in [1.54, 1.807) is 0 Å². The van der Waals surface area contributed by atoms with Crippen molar-refractivity contribution in [1.82, 2.24) is 0 Å². The smallest absolute Gasteiger partial charge is 0.313 e. The molecular formula is H2ClCrO3P. The van der Waals surface area contributed by atoms with Gasteiger partial charge in [0.1, 0.15) is 0 Å². The first-order valence-electron chi connectivity index (χ1n) is 0.752. The molecule has 0 atom stereocenters. The molecule has 2 N–H and O–H groups in total. The monoisotopic (exact) mass is 168 g/mol. The molecule has 0 amide bonds. The molecule has 0 aromatic rings. The summed E-state index contributed by atoms with van der Waals surface area (Å²) in [6.07, 6.45) is 0. The molecule has 0 aliphatic rings. The number of hydrogen-bond donors (Lipinski definition) is 2. The van der Waals surface area contributed by atoms with Crippen molar-refractivity contribution in [1.29, 1.82) is 0 Å². The second kappa shape index (κ2) is 3.04. The largest absolute Gasteiger partial charge is 0.419 e. The summed E-state index contributed by atoms with van der Waals surface area (Å²) in [4.78, 5) is 14.8. The van der Waals surface area contributed by atoms with E-state index < -0.39 is 6.95 Å². The standard InChI is InChI=1S/ClH2O3P.Cr/c1-5(2,3)4;/h(H2,2,3,4);. The summed E-state index contributed by atoms with van der Waals surface area (Å²) in [5.41, 5.74) is 0. The Kier molecular flexibility index (Phi) is 5.09. The van der Waals surface area contributed by atoms with Crippen molar-refractivity contribution in [3.8, 4) is 0 Å². The topological polar surface area (TPSA) is 57.5 Å². The predicted molar refractivity (Wildman–Crippen MR) is 17.9 cm³/mol. The summed E-state index contributed by atoms with van der Waals surface area (Å²) in [5, 5.41) is 0. The van der Waals surface area contributed by atoms with Gasteiger partial charge in [-0.05, 0) is 0 Å². The van der Waals surface area contributed by atoms with Crippen LogP contribution >= 0.6 is 18.2 Å². The molecule has 0 aliphatic carbocycles. The van der Waals surface area contributed by atoms with Gasteiger partial charge in [0, 0.05) is 28.6 Å². The van der Waals surface area contributed by atoms with Gasteiger partial charge in [-0.15, -0.1) is 0 Å². The molecule has 0 saturated carbocycles. The minimum atomic E-state index is -4.17. The van der Waals surface area contributed by atoms with E-state index in [2.05, 4.69) is 11.2 Å². The molecule has 0 aromatic heterocycles. The fourth-order valence-corrected chi connectivity index (χ4v) is 0. The summed E-state index contributed by atoms with van der Waals surface area (Å²) in [7, 11) is 0.